The molecule has 0 atom stereocenters. The molecule has 1 aliphatic heterocycles. The van der Waals surface area contributed by atoms with Gasteiger partial charge in [0.2, 0.25) is 5.28 Å². The van der Waals surface area contributed by atoms with Crippen molar-refractivity contribution < 1.29 is 8.42 Å². The monoisotopic (exact) mass is 294 g/mol. The second-order valence-electron chi connectivity index (χ2n) is 4.50. The number of nitrogens with zero attached hydrogens (tertiary/aromatic N) is 2. The van der Waals surface area contributed by atoms with Crippen molar-refractivity contribution in [1.29, 1.82) is 0 Å². The first-order valence-electron chi connectivity index (χ1n) is 5.84. The summed E-state index contributed by atoms with van der Waals surface area (Å²) in [7, 11) is -3.30. The van der Waals surface area contributed by atoms with Gasteiger partial charge in [-0.05, 0) is 24.1 Å². The quantitative estimate of drug-likeness (QED) is 0.758. The van der Waals surface area contributed by atoms with Crippen molar-refractivity contribution in [3.05, 3.63) is 40.8 Å². The van der Waals surface area contributed by atoms with E-state index in [4.69, 9.17) is 11.6 Å². The number of halogens is 1. The molecule has 98 valence electrons. The molecular formula is C13H11ClN2O2S. The lowest BCUT2D eigenvalue weighted by Crippen LogP contribution is -2.04. The average Bonchev–Trinajstić information content (AvgIpc) is 2.65. The maximum absolute atomic E-state index is 12.1. The molecule has 3 rings (SSSR count). The number of hydrogen-bond acceptors (Lipinski definition) is 4. The standard InChI is InChI=1S/C13H11ClN2O2S/c1-8-4-2-3-5-9(8)11-12-10(15-13(14)16-11)6-7-19(12,17)18/h2-5H,6-7H2,1H3. The van der Waals surface area contributed by atoms with E-state index in [1.54, 1.807) is 0 Å². The molecule has 0 aliphatic carbocycles. The van der Waals surface area contributed by atoms with Crippen molar-refractivity contribution >= 4 is 21.4 Å². The van der Waals surface area contributed by atoms with Gasteiger partial charge in [-0.1, -0.05) is 24.3 Å². The Hall–Kier alpha value is -1.46. The molecule has 1 aromatic heterocycles. The highest BCUT2D eigenvalue weighted by Crippen LogP contribution is 2.35. The smallest absolute Gasteiger partial charge is 0.223 e. The Bertz CT molecular complexity index is 772. The fourth-order valence-electron chi connectivity index (χ4n) is 2.32. The van der Waals surface area contributed by atoms with E-state index in [1.165, 1.54) is 0 Å². The zero-order valence-electron chi connectivity index (χ0n) is 10.2. The van der Waals surface area contributed by atoms with Gasteiger partial charge in [0.25, 0.3) is 0 Å². The van der Waals surface area contributed by atoms with Crippen LogP contribution in [-0.4, -0.2) is 24.1 Å². The van der Waals surface area contributed by atoms with E-state index in [1.807, 2.05) is 31.2 Å². The van der Waals surface area contributed by atoms with E-state index in [0.29, 0.717) is 17.8 Å². The highest BCUT2D eigenvalue weighted by atomic mass is 35.5. The maximum atomic E-state index is 12.1. The van der Waals surface area contributed by atoms with Gasteiger partial charge in [-0.15, -0.1) is 0 Å². The van der Waals surface area contributed by atoms with Crippen LogP contribution in [0.2, 0.25) is 5.28 Å². The third-order valence-corrected chi connectivity index (χ3v) is 5.19. The Balaban J connectivity index is 2.38. The molecule has 0 radical (unpaired) electrons. The van der Waals surface area contributed by atoms with E-state index >= 15 is 0 Å². The molecule has 0 N–H and O–H groups in total. The molecular weight excluding hydrogens is 284 g/mol. The molecule has 6 heteroatoms. The van der Waals surface area contributed by atoms with Gasteiger partial charge in [0, 0.05) is 12.0 Å². The topological polar surface area (TPSA) is 59.9 Å². The van der Waals surface area contributed by atoms with Gasteiger partial charge in [-0.25, -0.2) is 18.4 Å². The van der Waals surface area contributed by atoms with E-state index in [9.17, 15) is 8.42 Å². The Morgan fingerprint density at radius 1 is 1.21 bits per heavy atom. The van der Waals surface area contributed by atoms with Gasteiger partial charge in [0.05, 0.1) is 17.1 Å². The second-order valence-corrected chi connectivity index (χ2v) is 6.88. The van der Waals surface area contributed by atoms with Crippen LogP contribution < -0.4 is 0 Å². The lowest BCUT2D eigenvalue weighted by Gasteiger charge is -2.09. The first-order valence-corrected chi connectivity index (χ1v) is 7.87. The molecule has 4 nitrogen and oxygen atoms in total. The van der Waals surface area contributed by atoms with Crippen molar-refractivity contribution in [2.24, 2.45) is 0 Å². The molecule has 0 saturated carbocycles. The summed E-state index contributed by atoms with van der Waals surface area (Å²) in [6, 6.07) is 7.52. The summed E-state index contributed by atoms with van der Waals surface area (Å²) < 4.78 is 24.3. The second kappa shape index (κ2) is 4.28. The molecule has 0 saturated heterocycles. The number of rotatable bonds is 1. The van der Waals surface area contributed by atoms with Crippen LogP contribution in [0.3, 0.4) is 0 Å². The van der Waals surface area contributed by atoms with Crippen LogP contribution in [0, 0.1) is 6.92 Å². The van der Waals surface area contributed by atoms with Crippen LogP contribution in [0.25, 0.3) is 11.3 Å². The molecule has 0 spiro atoms. The molecule has 1 aliphatic rings. The number of aromatic nitrogens is 2. The predicted molar refractivity (Wildman–Crippen MR) is 73.0 cm³/mol. The van der Waals surface area contributed by atoms with Gasteiger partial charge in [-0.2, -0.15) is 0 Å². The third kappa shape index (κ3) is 2.03. The molecule has 1 aromatic carbocycles. The summed E-state index contributed by atoms with van der Waals surface area (Å²) in [6.45, 7) is 1.92. The number of hydrogen-bond donors (Lipinski definition) is 0. The number of fused-ring (bicyclic) bond motifs is 1. The minimum Gasteiger partial charge on any atom is -0.224 e. The van der Waals surface area contributed by atoms with Crippen molar-refractivity contribution in [1.82, 2.24) is 9.97 Å². The Morgan fingerprint density at radius 2 is 1.95 bits per heavy atom. The molecule has 2 heterocycles. The minimum atomic E-state index is -3.30. The Morgan fingerprint density at radius 3 is 2.68 bits per heavy atom. The van der Waals surface area contributed by atoms with E-state index in [0.717, 1.165) is 11.1 Å². The van der Waals surface area contributed by atoms with E-state index < -0.39 is 9.84 Å². The van der Waals surface area contributed by atoms with Gasteiger partial charge in [-0.3, -0.25) is 0 Å². The van der Waals surface area contributed by atoms with Gasteiger partial charge in [0.15, 0.2) is 9.84 Å². The molecule has 2 aromatic rings. The lowest BCUT2D eigenvalue weighted by molar-refractivity contribution is 0.600. The van der Waals surface area contributed by atoms with Gasteiger partial charge < -0.3 is 0 Å². The van der Waals surface area contributed by atoms with Gasteiger partial charge >= 0.3 is 0 Å². The molecule has 0 bridgehead atoms. The summed E-state index contributed by atoms with van der Waals surface area (Å²) in [5.41, 5.74) is 2.69. The minimum absolute atomic E-state index is 0.0796. The molecule has 19 heavy (non-hydrogen) atoms. The first kappa shape index (κ1) is 12.6. The number of aryl methyl sites for hydroxylation is 2. The highest BCUT2D eigenvalue weighted by Gasteiger charge is 2.33. The van der Waals surface area contributed by atoms with E-state index in [-0.39, 0.29) is 15.9 Å². The van der Waals surface area contributed by atoms with Crippen LogP contribution in [0.15, 0.2) is 29.2 Å². The van der Waals surface area contributed by atoms with Crippen LogP contribution in [-0.2, 0) is 16.3 Å². The van der Waals surface area contributed by atoms with Crippen LogP contribution >= 0.6 is 11.6 Å². The predicted octanol–water partition coefficient (Wildman–Crippen LogP) is 2.44. The number of benzene rings is 1. The molecule has 0 unspecified atom stereocenters. The fraction of sp³-hybridized carbons (Fsp3) is 0.231. The number of sulfone groups is 1. The largest absolute Gasteiger partial charge is 0.224 e. The van der Waals surface area contributed by atoms with Crippen molar-refractivity contribution in [2.75, 3.05) is 5.75 Å². The fourth-order valence-corrected chi connectivity index (χ4v) is 4.13. The summed E-state index contributed by atoms with van der Waals surface area (Å²) in [5, 5.41) is 0.0918. The molecule has 0 fully saturated rings. The Labute approximate surface area is 116 Å². The van der Waals surface area contributed by atoms with Crippen molar-refractivity contribution in [3.63, 3.8) is 0 Å². The van der Waals surface area contributed by atoms with Crippen molar-refractivity contribution in [2.45, 2.75) is 18.2 Å². The van der Waals surface area contributed by atoms with Crippen molar-refractivity contribution in [3.8, 4) is 11.3 Å². The zero-order valence-corrected chi connectivity index (χ0v) is 11.8. The van der Waals surface area contributed by atoms with Gasteiger partial charge in [0.1, 0.15) is 4.90 Å². The summed E-state index contributed by atoms with van der Waals surface area (Å²) >= 11 is 5.91. The SMILES string of the molecule is Cc1ccccc1-c1nc(Cl)nc2c1S(=O)(=O)CC2. The third-order valence-electron chi connectivity index (χ3n) is 3.23. The zero-order chi connectivity index (χ0) is 13.6. The van der Waals surface area contributed by atoms with Crippen LogP contribution in [0.5, 0.6) is 0 Å². The Kier molecular flexibility index (Phi) is 2.83. The highest BCUT2D eigenvalue weighted by molar-refractivity contribution is 7.91. The maximum Gasteiger partial charge on any atom is 0.223 e. The average molecular weight is 295 g/mol. The van der Waals surface area contributed by atoms with E-state index in [2.05, 4.69) is 9.97 Å². The summed E-state index contributed by atoms with van der Waals surface area (Å²) in [4.78, 5) is 8.43. The summed E-state index contributed by atoms with van der Waals surface area (Å²) in [6.07, 6.45) is 0.402. The normalized spacial score (nSPS) is 16.3. The van der Waals surface area contributed by atoms with Crippen LogP contribution in [0.1, 0.15) is 11.3 Å². The molecule has 0 amide bonds. The lowest BCUT2D eigenvalue weighted by atomic mass is 10.0. The summed E-state index contributed by atoms with van der Waals surface area (Å²) in [5.74, 6) is 0.0796. The van der Waals surface area contributed by atoms with Crippen LogP contribution in [0.4, 0.5) is 0 Å². The first-order chi connectivity index (χ1) is 8.99.